The molecule has 0 aromatic heterocycles. The van der Waals surface area contributed by atoms with Gasteiger partial charge < -0.3 is 4.74 Å². The van der Waals surface area contributed by atoms with Crippen LogP contribution in [0.5, 0.6) is 5.75 Å². The molecule has 1 rings (SSSR count). The van der Waals surface area contributed by atoms with E-state index in [-0.39, 0.29) is 22.8 Å². The van der Waals surface area contributed by atoms with Crippen LogP contribution in [0.2, 0.25) is 0 Å². The van der Waals surface area contributed by atoms with Gasteiger partial charge in [-0.2, -0.15) is 0 Å². The number of halogens is 1. The normalized spacial score (nSPS) is 11.0. The van der Waals surface area contributed by atoms with Crippen LogP contribution >= 0.6 is 10.7 Å². The molecule has 1 aromatic rings. The number of rotatable bonds is 5. The molecule has 0 atom stereocenters. The fourth-order valence-corrected chi connectivity index (χ4v) is 2.52. The molecule has 0 N–H and O–H groups in total. The topological polar surface area (TPSA) is 86.5 Å². The van der Waals surface area contributed by atoms with Crippen molar-refractivity contribution in [1.82, 2.24) is 0 Å². The molecule has 0 radical (unpaired) electrons. The van der Waals surface area contributed by atoms with E-state index in [9.17, 15) is 18.5 Å². The Bertz CT molecular complexity index is 597. The van der Waals surface area contributed by atoms with Crippen LogP contribution in [0.25, 0.3) is 0 Å². The highest BCUT2D eigenvalue weighted by atomic mass is 35.7. The van der Waals surface area contributed by atoms with Crippen LogP contribution in [-0.4, -0.2) is 19.9 Å². The van der Waals surface area contributed by atoms with Crippen LogP contribution in [0.15, 0.2) is 29.7 Å². The molecule has 0 saturated carbocycles. The van der Waals surface area contributed by atoms with Gasteiger partial charge in [-0.25, -0.2) is 8.42 Å². The number of ether oxygens (including phenoxy) is 1. The fourth-order valence-electron chi connectivity index (χ4n) is 1.32. The Kier molecular flexibility index (Phi) is 4.31. The maximum atomic E-state index is 11.2. The highest BCUT2D eigenvalue weighted by molar-refractivity contribution is 8.13. The smallest absolute Gasteiger partial charge is 0.312 e. The van der Waals surface area contributed by atoms with E-state index in [0.717, 1.165) is 6.07 Å². The molecular formula is C10H10ClNO5S. The summed E-state index contributed by atoms with van der Waals surface area (Å²) in [5.41, 5.74) is -0.184. The minimum Gasteiger partial charge on any atom is -0.483 e. The summed E-state index contributed by atoms with van der Waals surface area (Å²) < 4.78 is 27.6. The second-order valence-electron chi connectivity index (χ2n) is 3.38. The molecule has 0 unspecified atom stereocenters. The molecule has 0 aliphatic carbocycles. The van der Waals surface area contributed by atoms with Crippen molar-refractivity contribution in [3.8, 4) is 5.75 Å². The molecule has 0 amide bonds. The zero-order valence-corrected chi connectivity index (χ0v) is 11.0. The predicted molar refractivity (Wildman–Crippen MR) is 66.6 cm³/mol. The molecule has 0 aliphatic rings. The Morgan fingerprint density at radius 2 is 2.17 bits per heavy atom. The molecule has 0 heterocycles. The van der Waals surface area contributed by atoms with Crippen LogP contribution in [0, 0.1) is 17.0 Å². The van der Waals surface area contributed by atoms with Gasteiger partial charge in [0.2, 0.25) is 0 Å². The molecule has 98 valence electrons. The Morgan fingerprint density at radius 1 is 1.56 bits per heavy atom. The average Bonchev–Trinajstić information content (AvgIpc) is 2.23. The van der Waals surface area contributed by atoms with Gasteiger partial charge >= 0.3 is 5.69 Å². The van der Waals surface area contributed by atoms with Crippen molar-refractivity contribution >= 4 is 25.4 Å². The van der Waals surface area contributed by atoms with Crippen molar-refractivity contribution in [2.45, 2.75) is 11.8 Å². The van der Waals surface area contributed by atoms with Crippen molar-refractivity contribution in [2.24, 2.45) is 0 Å². The molecule has 6 nitrogen and oxygen atoms in total. The van der Waals surface area contributed by atoms with Crippen LogP contribution in [-0.2, 0) is 9.05 Å². The zero-order chi connectivity index (χ0) is 13.9. The third-order valence-corrected chi connectivity index (χ3v) is 3.54. The van der Waals surface area contributed by atoms with Gasteiger partial charge in [0.25, 0.3) is 9.05 Å². The largest absolute Gasteiger partial charge is 0.483 e. The maximum absolute atomic E-state index is 11.2. The quantitative estimate of drug-likeness (QED) is 0.360. The number of nitrogens with zero attached hydrogens (tertiary/aromatic N) is 1. The van der Waals surface area contributed by atoms with E-state index in [1.54, 1.807) is 0 Å². The minimum atomic E-state index is -4.03. The van der Waals surface area contributed by atoms with E-state index in [4.69, 9.17) is 15.4 Å². The number of benzene rings is 1. The Balaban J connectivity index is 3.44. The SMILES string of the molecule is C=CCOc1cc(C)c(S(=O)(=O)Cl)cc1[N+](=O)[O-]. The van der Waals surface area contributed by atoms with E-state index in [1.165, 1.54) is 19.1 Å². The Hall–Kier alpha value is -1.60. The van der Waals surface area contributed by atoms with Crippen LogP contribution in [0.4, 0.5) is 5.69 Å². The third-order valence-electron chi connectivity index (χ3n) is 2.07. The summed E-state index contributed by atoms with van der Waals surface area (Å²) in [6.07, 6.45) is 1.42. The van der Waals surface area contributed by atoms with E-state index in [1.807, 2.05) is 0 Å². The van der Waals surface area contributed by atoms with E-state index in [0.29, 0.717) is 0 Å². The van der Waals surface area contributed by atoms with Gasteiger partial charge in [-0.3, -0.25) is 10.1 Å². The summed E-state index contributed by atoms with van der Waals surface area (Å²) in [6.45, 7) is 4.97. The summed E-state index contributed by atoms with van der Waals surface area (Å²) in [4.78, 5) is 9.80. The average molecular weight is 292 g/mol. The lowest BCUT2D eigenvalue weighted by molar-refractivity contribution is -0.386. The first kappa shape index (κ1) is 14.5. The molecule has 0 aliphatic heterocycles. The highest BCUT2D eigenvalue weighted by Gasteiger charge is 2.23. The van der Waals surface area contributed by atoms with Gasteiger partial charge in [0.15, 0.2) is 5.75 Å². The van der Waals surface area contributed by atoms with Gasteiger partial charge in [-0.15, -0.1) is 0 Å². The van der Waals surface area contributed by atoms with Gasteiger partial charge in [0, 0.05) is 16.7 Å². The fraction of sp³-hybridized carbons (Fsp3) is 0.200. The number of hydrogen-bond donors (Lipinski definition) is 0. The van der Waals surface area contributed by atoms with Crippen LogP contribution in [0.3, 0.4) is 0 Å². The number of nitro groups is 1. The summed E-state index contributed by atoms with van der Waals surface area (Å²) in [5, 5.41) is 10.8. The van der Waals surface area contributed by atoms with Crippen molar-refractivity contribution in [1.29, 1.82) is 0 Å². The summed E-state index contributed by atoms with van der Waals surface area (Å²) in [7, 11) is 1.16. The number of hydrogen-bond acceptors (Lipinski definition) is 5. The van der Waals surface area contributed by atoms with Gasteiger partial charge in [-0.1, -0.05) is 12.7 Å². The lowest BCUT2D eigenvalue weighted by Gasteiger charge is -2.08. The molecular weight excluding hydrogens is 282 g/mol. The molecule has 0 fully saturated rings. The lowest BCUT2D eigenvalue weighted by atomic mass is 10.2. The van der Waals surface area contributed by atoms with Crippen LogP contribution < -0.4 is 4.74 Å². The summed E-state index contributed by atoms with van der Waals surface area (Å²) in [6, 6.07) is 2.15. The number of aryl methyl sites for hydroxylation is 1. The lowest BCUT2D eigenvalue weighted by Crippen LogP contribution is -2.02. The van der Waals surface area contributed by atoms with E-state index >= 15 is 0 Å². The molecule has 0 bridgehead atoms. The maximum Gasteiger partial charge on any atom is 0.312 e. The molecule has 0 saturated heterocycles. The molecule has 8 heteroatoms. The summed E-state index contributed by atoms with van der Waals surface area (Å²) >= 11 is 0. The number of nitro benzene ring substituents is 1. The Labute approximate surface area is 108 Å². The zero-order valence-electron chi connectivity index (χ0n) is 9.42. The van der Waals surface area contributed by atoms with E-state index in [2.05, 4.69) is 6.58 Å². The second-order valence-corrected chi connectivity index (χ2v) is 5.91. The van der Waals surface area contributed by atoms with Crippen molar-refractivity contribution in [3.63, 3.8) is 0 Å². The molecule has 18 heavy (non-hydrogen) atoms. The van der Waals surface area contributed by atoms with Crippen molar-refractivity contribution < 1.29 is 18.1 Å². The first-order valence-electron chi connectivity index (χ1n) is 4.74. The van der Waals surface area contributed by atoms with Crippen LogP contribution in [0.1, 0.15) is 5.56 Å². The first-order chi connectivity index (χ1) is 8.27. The predicted octanol–water partition coefficient (Wildman–Crippen LogP) is 2.40. The monoisotopic (exact) mass is 291 g/mol. The van der Waals surface area contributed by atoms with Crippen molar-refractivity contribution in [3.05, 3.63) is 40.5 Å². The highest BCUT2D eigenvalue weighted by Crippen LogP contribution is 2.33. The standard InChI is InChI=1S/C10H10ClNO5S/c1-3-4-17-9-5-7(2)10(18(11,15)16)6-8(9)12(13)14/h3,5-6H,1,4H2,2H3. The minimum absolute atomic E-state index is 0.0264. The van der Waals surface area contributed by atoms with Gasteiger partial charge in [0.05, 0.1) is 9.82 Å². The molecule has 0 spiro atoms. The third kappa shape index (κ3) is 3.21. The molecule has 1 aromatic carbocycles. The Morgan fingerprint density at radius 3 is 2.61 bits per heavy atom. The van der Waals surface area contributed by atoms with Gasteiger partial charge in [-0.05, 0) is 18.6 Å². The first-order valence-corrected chi connectivity index (χ1v) is 7.05. The van der Waals surface area contributed by atoms with E-state index < -0.39 is 19.7 Å². The van der Waals surface area contributed by atoms with Crippen molar-refractivity contribution in [2.75, 3.05) is 6.61 Å². The second kappa shape index (κ2) is 5.36. The summed E-state index contributed by atoms with van der Waals surface area (Å²) in [5.74, 6) is -0.0264. The van der Waals surface area contributed by atoms with Gasteiger partial charge in [0.1, 0.15) is 6.61 Å².